The third kappa shape index (κ3) is 14.0. The Kier molecular flexibility index (Phi) is 17.0. The minimum Gasteiger partial charge on any atom is -0.870 e. The van der Waals surface area contributed by atoms with Crippen LogP contribution < -0.4 is 56.7 Å². The van der Waals surface area contributed by atoms with E-state index < -0.39 is 9.69 Å². The van der Waals surface area contributed by atoms with Gasteiger partial charge in [0.1, 0.15) is 0 Å². The second-order valence-corrected chi connectivity index (χ2v) is 12.2. The van der Waals surface area contributed by atoms with Crippen LogP contribution in [0.5, 0.6) is 0 Å². The van der Waals surface area contributed by atoms with Crippen molar-refractivity contribution in [3.8, 4) is 0 Å². The molecular formula is C18H10Cl2F6I3KN2OS2. The van der Waals surface area contributed by atoms with Crippen LogP contribution in [0.25, 0.3) is 0 Å². The van der Waals surface area contributed by atoms with Crippen LogP contribution >= 0.6 is 115 Å². The molecule has 0 radical (unpaired) electrons. The average molecular weight is 939 g/mol. The summed E-state index contributed by atoms with van der Waals surface area (Å²) in [5, 5.41) is 4.48. The molecule has 2 aromatic rings. The van der Waals surface area contributed by atoms with Gasteiger partial charge in [0.15, 0.2) is 0 Å². The fourth-order valence-electron chi connectivity index (χ4n) is 2.57. The molecule has 0 spiro atoms. The Balaban J connectivity index is 0.000000542. The molecular weight excluding hydrogens is 929 g/mol. The van der Waals surface area contributed by atoms with Crippen LogP contribution in [0.2, 0.25) is 10.0 Å². The third-order valence-corrected chi connectivity index (χ3v) is 7.71. The van der Waals surface area contributed by atoms with Crippen molar-refractivity contribution in [2.24, 2.45) is 4.99 Å². The molecule has 0 aliphatic carbocycles. The molecule has 2 N–H and O–H groups in total. The van der Waals surface area contributed by atoms with Gasteiger partial charge in [-0.15, -0.1) is 0 Å². The van der Waals surface area contributed by atoms with Gasteiger partial charge < -0.3 is 10.8 Å². The molecule has 0 bridgehead atoms. The summed E-state index contributed by atoms with van der Waals surface area (Å²) < 4.78 is 65.3. The van der Waals surface area contributed by atoms with Crippen molar-refractivity contribution in [3.05, 3.63) is 52.6 Å². The predicted molar refractivity (Wildman–Crippen MR) is 155 cm³/mol. The van der Waals surface area contributed by atoms with E-state index in [4.69, 9.17) is 35.4 Å². The molecule has 35 heavy (non-hydrogen) atoms. The van der Waals surface area contributed by atoms with Crippen molar-refractivity contribution in [3.63, 3.8) is 0 Å². The number of fused-ring (bicyclic) bond motifs is 2. The molecule has 2 aromatic carbocycles. The van der Waals surface area contributed by atoms with Crippen LogP contribution in [0.4, 0.5) is 37.7 Å². The average Bonchev–Trinajstić information content (AvgIpc) is 3.14. The van der Waals surface area contributed by atoms with Gasteiger partial charge >= 0.3 is 61.1 Å². The topological polar surface area (TPSA) is 54.4 Å². The fourth-order valence-corrected chi connectivity index (χ4v) is 4.86. The molecule has 17 heteroatoms. The number of anilines is 1. The van der Waals surface area contributed by atoms with Gasteiger partial charge in [0.05, 0.1) is 25.8 Å². The SMILES string of the molecule is FC(F)(F)I.FC(F)(F)SC1=Nc2cc(Cl)c(I)cc2C1.S=C1Cc2cc(I)c(Cl)cc2N1.[K+].[OH-]. The predicted octanol–water partition coefficient (Wildman–Crippen LogP) is 6.79. The van der Waals surface area contributed by atoms with Gasteiger partial charge in [-0.3, -0.25) is 0 Å². The van der Waals surface area contributed by atoms with E-state index in [1.807, 2.05) is 28.7 Å². The molecule has 0 unspecified atom stereocenters. The number of hydrogen-bond acceptors (Lipinski definition) is 4. The summed E-state index contributed by atoms with van der Waals surface area (Å²) in [5.41, 5.74) is -0.644. The number of halogens is 11. The van der Waals surface area contributed by atoms with Crippen LogP contribution in [0, 0.1) is 7.14 Å². The first-order chi connectivity index (χ1) is 15.0. The summed E-state index contributed by atoms with van der Waals surface area (Å²) in [5.74, 6) is 0. The van der Waals surface area contributed by atoms with Gasteiger partial charge in [-0.1, -0.05) is 35.4 Å². The van der Waals surface area contributed by atoms with Crippen molar-refractivity contribution in [1.82, 2.24) is 0 Å². The number of aliphatic imine (C=N–C) groups is 1. The van der Waals surface area contributed by atoms with Crippen molar-refractivity contribution >= 4 is 136 Å². The van der Waals surface area contributed by atoms with E-state index in [0.29, 0.717) is 33.3 Å². The number of hydrogen-bond donors (Lipinski definition) is 1. The molecule has 0 saturated carbocycles. The molecule has 2 aliphatic rings. The normalized spacial score (nSPS) is 13.5. The Labute approximate surface area is 299 Å². The number of benzene rings is 2. The van der Waals surface area contributed by atoms with E-state index in [1.165, 1.54) is 5.56 Å². The van der Waals surface area contributed by atoms with E-state index >= 15 is 0 Å². The molecule has 2 aliphatic heterocycles. The standard InChI is InChI=1S/C9H4ClF3INS.C8H5ClINS.CF3I.K.H2O/c10-5-3-7-4(1-6(5)14)2-8(15-7)16-9(11,12)13;9-5-3-7-4(1-6(5)10)2-8(12)11-7;2-1(3,4)5;;/h1,3H,2H2;1,3H,2H2,(H,11,12);;;1H2/q;;;+1;/p-1. The minimum absolute atomic E-state index is 0. The number of nitrogens with zero attached hydrogens (tertiary/aromatic N) is 1. The molecule has 4 rings (SSSR count). The van der Waals surface area contributed by atoms with E-state index in [2.05, 4.69) is 39.0 Å². The van der Waals surface area contributed by atoms with E-state index in [-0.39, 0.29) is 80.1 Å². The number of thioether (sulfide) groups is 1. The first kappa shape index (κ1) is 37.3. The largest absolute Gasteiger partial charge is 1.00 e. The maximum absolute atomic E-state index is 12.1. The van der Waals surface area contributed by atoms with Crippen LogP contribution in [0.1, 0.15) is 11.1 Å². The van der Waals surface area contributed by atoms with Crippen molar-refractivity contribution < 1.29 is 83.2 Å². The van der Waals surface area contributed by atoms with Gasteiger partial charge in [0, 0.05) is 60.0 Å². The third-order valence-electron chi connectivity index (χ3n) is 3.71. The summed E-state index contributed by atoms with van der Waals surface area (Å²) in [7, 11) is 0. The van der Waals surface area contributed by atoms with Gasteiger partial charge in [0.2, 0.25) is 0 Å². The molecule has 2 heterocycles. The summed E-state index contributed by atoms with van der Waals surface area (Å²) in [6, 6.07) is 7.37. The molecule has 0 amide bonds. The number of nitrogens with one attached hydrogen (secondary N) is 1. The van der Waals surface area contributed by atoms with Gasteiger partial charge in [0.25, 0.3) is 0 Å². The number of thiocarbonyl (C=S) groups is 1. The van der Waals surface area contributed by atoms with Crippen molar-refractivity contribution in [2.75, 3.05) is 5.32 Å². The van der Waals surface area contributed by atoms with Gasteiger partial charge in [-0.2, -0.15) is 26.3 Å². The quantitative estimate of drug-likeness (QED) is 0.104. The first-order valence-electron chi connectivity index (χ1n) is 8.36. The summed E-state index contributed by atoms with van der Waals surface area (Å²) in [4.78, 5) is 4.79. The molecule has 3 nitrogen and oxygen atoms in total. The Hall–Kier alpha value is 2.30. The minimum atomic E-state index is -4.28. The van der Waals surface area contributed by atoms with Crippen LogP contribution in [0.3, 0.4) is 0 Å². The number of alkyl halides is 7. The molecule has 0 saturated heterocycles. The second kappa shape index (κ2) is 15.9. The molecule has 188 valence electrons. The molecule has 0 aromatic heterocycles. The zero-order valence-corrected chi connectivity index (χ0v) is 29.8. The maximum Gasteiger partial charge on any atom is 1.00 e. The van der Waals surface area contributed by atoms with Crippen LogP contribution in [-0.4, -0.2) is 25.2 Å². The van der Waals surface area contributed by atoms with Gasteiger partial charge in [-0.05, 0) is 80.6 Å². The Morgan fingerprint density at radius 1 is 0.914 bits per heavy atom. The van der Waals surface area contributed by atoms with E-state index in [0.717, 1.165) is 34.8 Å². The zero-order valence-electron chi connectivity index (χ0n) is 17.1. The summed E-state index contributed by atoms with van der Waals surface area (Å²) in [6.45, 7) is 0. The summed E-state index contributed by atoms with van der Waals surface area (Å²) >= 11 is 21.3. The van der Waals surface area contributed by atoms with Crippen molar-refractivity contribution in [1.29, 1.82) is 0 Å². The Morgan fingerprint density at radius 2 is 1.40 bits per heavy atom. The fraction of sp³-hybridized carbons (Fsp3) is 0.222. The monoisotopic (exact) mass is 938 g/mol. The smallest absolute Gasteiger partial charge is 0.870 e. The molecule has 0 atom stereocenters. The van der Waals surface area contributed by atoms with E-state index in [9.17, 15) is 26.3 Å². The Bertz CT molecular complexity index is 1070. The van der Waals surface area contributed by atoms with E-state index in [1.54, 1.807) is 12.1 Å². The first-order valence-corrected chi connectivity index (χ1v) is 13.6. The maximum atomic E-state index is 12.1. The van der Waals surface area contributed by atoms with Crippen LogP contribution in [0.15, 0.2) is 29.3 Å². The number of rotatable bonds is 0. The second-order valence-electron chi connectivity index (χ2n) is 6.20. The van der Waals surface area contributed by atoms with Crippen molar-refractivity contribution in [2.45, 2.75) is 22.5 Å². The molecule has 0 fully saturated rings. The van der Waals surface area contributed by atoms with Gasteiger partial charge in [-0.25, -0.2) is 4.99 Å². The summed E-state index contributed by atoms with van der Waals surface area (Å²) in [6.07, 6.45) is 1.07. The van der Waals surface area contributed by atoms with Crippen LogP contribution in [-0.2, 0) is 12.8 Å². The Morgan fingerprint density at radius 3 is 1.91 bits per heavy atom. The zero-order chi connectivity index (χ0) is 25.1.